The molecule has 0 spiro atoms. The van der Waals surface area contributed by atoms with Gasteiger partial charge in [-0.3, -0.25) is 10.00 Å². The molecule has 1 saturated heterocycles. The molecule has 1 aliphatic heterocycles. The molecule has 1 atom stereocenters. The second-order valence-corrected chi connectivity index (χ2v) is 5.37. The Morgan fingerprint density at radius 3 is 3.09 bits per heavy atom. The second kappa shape index (κ2) is 7.05. The lowest BCUT2D eigenvalue weighted by molar-refractivity contribution is 0.118. The first-order chi connectivity index (χ1) is 10.9. The summed E-state index contributed by atoms with van der Waals surface area (Å²) in [6, 6.07) is 9.77. The van der Waals surface area contributed by atoms with Crippen molar-refractivity contribution in [1.82, 2.24) is 20.1 Å². The minimum absolute atomic E-state index is 0.283. The van der Waals surface area contributed by atoms with Gasteiger partial charge in [0.25, 0.3) is 0 Å². The molecule has 114 valence electrons. The van der Waals surface area contributed by atoms with Gasteiger partial charge in [0.1, 0.15) is 30.6 Å². The number of para-hydroxylation sites is 1. The lowest BCUT2D eigenvalue weighted by atomic mass is 10.0. The highest BCUT2D eigenvalue weighted by atomic mass is 16.5. The Morgan fingerprint density at radius 1 is 1.36 bits per heavy atom. The number of nitrogens with zero attached hydrogens (tertiary/aromatic N) is 4. The minimum atomic E-state index is 0.283. The molecule has 2 aromatic rings. The van der Waals surface area contributed by atoms with Crippen molar-refractivity contribution in [3.8, 4) is 11.8 Å². The first-order valence-corrected chi connectivity index (χ1v) is 7.59. The molecule has 0 radical (unpaired) electrons. The fourth-order valence-electron chi connectivity index (χ4n) is 2.90. The number of hydrogen-bond acceptors (Lipinski definition) is 5. The molecule has 1 N–H and O–H groups in total. The third kappa shape index (κ3) is 3.26. The zero-order valence-electron chi connectivity index (χ0n) is 12.4. The van der Waals surface area contributed by atoms with Crippen LogP contribution in [0.25, 0.3) is 0 Å². The van der Waals surface area contributed by atoms with Gasteiger partial charge in [-0.1, -0.05) is 18.6 Å². The number of aromatic amines is 1. The van der Waals surface area contributed by atoms with Crippen molar-refractivity contribution in [2.45, 2.75) is 25.3 Å². The monoisotopic (exact) mass is 297 g/mol. The Kier molecular flexibility index (Phi) is 4.66. The summed E-state index contributed by atoms with van der Waals surface area (Å²) in [6.45, 7) is 2.41. The van der Waals surface area contributed by atoms with E-state index in [2.05, 4.69) is 26.2 Å². The zero-order chi connectivity index (χ0) is 15.2. The highest BCUT2D eigenvalue weighted by Gasteiger charge is 2.25. The van der Waals surface area contributed by atoms with E-state index in [1.54, 1.807) is 12.4 Å². The van der Waals surface area contributed by atoms with Crippen molar-refractivity contribution in [2.24, 2.45) is 0 Å². The van der Waals surface area contributed by atoms with Gasteiger partial charge in [0.2, 0.25) is 0 Å². The predicted octanol–water partition coefficient (Wildman–Crippen LogP) is 2.28. The summed E-state index contributed by atoms with van der Waals surface area (Å²) in [7, 11) is 0. The lowest BCUT2D eigenvalue weighted by Gasteiger charge is -2.34. The van der Waals surface area contributed by atoms with Crippen LogP contribution in [0.15, 0.2) is 30.6 Å². The van der Waals surface area contributed by atoms with Crippen molar-refractivity contribution in [1.29, 1.82) is 5.26 Å². The van der Waals surface area contributed by atoms with Crippen molar-refractivity contribution < 1.29 is 4.74 Å². The maximum Gasteiger partial charge on any atom is 0.141 e. The van der Waals surface area contributed by atoms with Crippen molar-refractivity contribution >= 4 is 0 Å². The molecule has 0 aliphatic carbocycles. The standard InChI is InChI=1S/C16H19N5O/c17-11-13-5-1-2-7-15(13)22-10-9-21-8-4-3-6-14(21)16-18-12-19-20-16/h1-2,5,7,12,14H,3-4,6,8-10H2,(H,18,19,20). The molecule has 1 aliphatic rings. The topological polar surface area (TPSA) is 77.8 Å². The van der Waals surface area contributed by atoms with Gasteiger partial charge in [-0.15, -0.1) is 0 Å². The van der Waals surface area contributed by atoms with Gasteiger partial charge >= 0.3 is 0 Å². The summed E-state index contributed by atoms with van der Waals surface area (Å²) < 4.78 is 5.79. The van der Waals surface area contributed by atoms with Crippen molar-refractivity contribution in [2.75, 3.05) is 19.7 Å². The normalized spacial score (nSPS) is 18.8. The van der Waals surface area contributed by atoms with E-state index in [0.717, 1.165) is 25.3 Å². The Balaban J connectivity index is 1.59. The number of rotatable bonds is 5. The van der Waals surface area contributed by atoms with Gasteiger partial charge in [0.05, 0.1) is 11.6 Å². The summed E-state index contributed by atoms with van der Waals surface area (Å²) in [6.07, 6.45) is 5.05. The predicted molar refractivity (Wildman–Crippen MR) is 81.2 cm³/mol. The minimum Gasteiger partial charge on any atom is -0.491 e. The van der Waals surface area contributed by atoms with Gasteiger partial charge < -0.3 is 4.74 Å². The average molecular weight is 297 g/mol. The number of likely N-dealkylation sites (tertiary alicyclic amines) is 1. The van der Waals surface area contributed by atoms with Gasteiger partial charge in [0.15, 0.2) is 0 Å². The van der Waals surface area contributed by atoms with Crippen LogP contribution >= 0.6 is 0 Å². The quantitative estimate of drug-likeness (QED) is 0.916. The SMILES string of the molecule is N#Cc1ccccc1OCCN1CCCCC1c1ncn[nH]1. The van der Waals surface area contributed by atoms with Crippen LogP contribution < -0.4 is 4.74 Å². The number of hydrogen-bond donors (Lipinski definition) is 1. The molecule has 0 amide bonds. The van der Waals surface area contributed by atoms with Crippen LogP contribution in [0.1, 0.15) is 36.7 Å². The van der Waals surface area contributed by atoms with Crippen LogP contribution in [0, 0.1) is 11.3 Å². The van der Waals surface area contributed by atoms with E-state index in [9.17, 15) is 0 Å². The van der Waals surface area contributed by atoms with E-state index in [1.165, 1.54) is 12.8 Å². The van der Waals surface area contributed by atoms with Crippen LogP contribution in [0.4, 0.5) is 0 Å². The molecule has 1 aromatic heterocycles. The van der Waals surface area contributed by atoms with Crippen molar-refractivity contribution in [3.63, 3.8) is 0 Å². The fourth-order valence-corrected chi connectivity index (χ4v) is 2.90. The molecule has 1 aromatic carbocycles. The number of nitriles is 1. The van der Waals surface area contributed by atoms with Crippen LogP contribution in [-0.2, 0) is 0 Å². The van der Waals surface area contributed by atoms with E-state index in [4.69, 9.17) is 10.00 Å². The number of piperidine rings is 1. The van der Waals surface area contributed by atoms with Crippen LogP contribution in [0.3, 0.4) is 0 Å². The van der Waals surface area contributed by atoms with Crippen LogP contribution in [-0.4, -0.2) is 39.8 Å². The lowest BCUT2D eigenvalue weighted by Crippen LogP contribution is -2.37. The first kappa shape index (κ1) is 14.5. The van der Waals surface area contributed by atoms with E-state index < -0.39 is 0 Å². The number of aromatic nitrogens is 3. The van der Waals surface area contributed by atoms with Gasteiger partial charge in [0, 0.05) is 6.54 Å². The maximum atomic E-state index is 9.07. The summed E-state index contributed by atoms with van der Waals surface area (Å²) >= 11 is 0. The summed E-state index contributed by atoms with van der Waals surface area (Å²) in [4.78, 5) is 6.67. The van der Waals surface area contributed by atoms with E-state index in [0.29, 0.717) is 17.9 Å². The molecule has 2 heterocycles. The Labute approximate surface area is 129 Å². The molecule has 0 bridgehead atoms. The molecule has 6 heteroatoms. The molecule has 1 fully saturated rings. The van der Waals surface area contributed by atoms with Crippen LogP contribution in [0.2, 0.25) is 0 Å². The van der Waals surface area contributed by atoms with Crippen LogP contribution in [0.5, 0.6) is 5.75 Å². The van der Waals surface area contributed by atoms with E-state index >= 15 is 0 Å². The Bertz CT molecular complexity index is 634. The largest absolute Gasteiger partial charge is 0.491 e. The van der Waals surface area contributed by atoms with Gasteiger partial charge in [-0.25, -0.2) is 4.98 Å². The zero-order valence-corrected chi connectivity index (χ0v) is 12.4. The molecule has 0 saturated carbocycles. The average Bonchev–Trinajstić information content (AvgIpc) is 3.10. The Hall–Kier alpha value is -2.39. The van der Waals surface area contributed by atoms with E-state index in [-0.39, 0.29) is 6.04 Å². The number of nitrogens with one attached hydrogen (secondary N) is 1. The Morgan fingerprint density at radius 2 is 2.27 bits per heavy atom. The van der Waals surface area contributed by atoms with Gasteiger partial charge in [-0.05, 0) is 31.5 Å². The maximum absolute atomic E-state index is 9.07. The molecular weight excluding hydrogens is 278 g/mol. The molecule has 22 heavy (non-hydrogen) atoms. The van der Waals surface area contributed by atoms with Gasteiger partial charge in [-0.2, -0.15) is 10.4 Å². The second-order valence-electron chi connectivity index (χ2n) is 5.37. The summed E-state index contributed by atoms with van der Waals surface area (Å²) in [5, 5.41) is 16.0. The smallest absolute Gasteiger partial charge is 0.141 e. The highest BCUT2D eigenvalue weighted by Crippen LogP contribution is 2.28. The number of benzene rings is 1. The molecular formula is C16H19N5O. The molecule has 6 nitrogen and oxygen atoms in total. The molecule has 1 unspecified atom stereocenters. The number of H-pyrrole nitrogens is 1. The van der Waals surface area contributed by atoms with E-state index in [1.807, 2.05) is 18.2 Å². The third-order valence-corrected chi connectivity index (χ3v) is 4.01. The highest BCUT2D eigenvalue weighted by molar-refractivity contribution is 5.42. The summed E-state index contributed by atoms with van der Waals surface area (Å²) in [5.41, 5.74) is 0.577. The third-order valence-electron chi connectivity index (χ3n) is 4.01. The molecule has 3 rings (SSSR count). The first-order valence-electron chi connectivity index (χ1n) is 7.59. The van der Waals surface area contributed by atoms with Crippen molar-refractivity contribution in [3.05, 3.63) is 42.0 Å². The fraction of sp³-hybridized carbons (Fsp3) is 0.438. The summed E-state index contributed by atoms with van der Waals surface area (Å²) in [5.74, 6) is 1.58. The number of ether oxygens (including phenoxy) is 1.